The highest BCUT2D eigenvalue weighted by Crippen LogP contribution is 2.27. The van der Waals surface area contributed by atoms with E-state index in [9.17, 15) is 0 Å². The summed E-state index contributed by atoms with van der Waals surface area (Å²) in [4.78, 5) is 0. The molecule has 15 heavy (non-hydrogen) atoms. The Kier molecular flexibility index (Phi) is 6.26. The van der Waals surface area contributed by atoms with Gasteiger partial charge in [-0.3, -0.25) is 0 Å². The molecule has 0 aromatic rings. The predicted molar refractivity (Wildman–Crippen MR) is 64.9 cm³/mol. The van der Waals surface area contributed by atoms with Crippen LogP contribution in [0.4, 0.5) is 0 Å². The van der Waals surface area contributed by atoms with Gasteiger partial charge < -0.3 is 10.5 Å². The minimum Gasteiger partial charge on any atom is -0.377 e. The van der Waals surface area contributed by atoms with Crippen molar-refractivity contribution in [2.45, 2.75) is 70.9 Å². The molecule has 1 saturated carbocycles. The molecule has 0 radical (unpaired) electrons. The summed E-state index contributed by atoms with van der Waals surface area (Å²) in [6.45, 7) is 5.40. The number of ether oxygens (including phenoxy) is 1. The zero-order chi connectivity index (χ0) is 11.1. The summed E-state index contributed by atoms with van der Waals surface area (Å²) >= 11 is 0. The standard InChI is InChI=1S/C13H27NO/c1-3-5-6-9-15-13-10-11(4-2)7-8-12(13)14/h11-13H,3-10,14H2,1-2H3. The molecule has 0 amide bonds. The van der Waals surface area contributed by atoms with Gasteiger partial charge in [-0.15, -0.1) is 0 Å². The fourth-order valence-corrected chi connectivity index (χ4v) is 2.38. The zero-order valence-electron chi connectivity index (χ0n) is 10.4. The van der Waals surface area contributed by atoms with Crippen LogP contribution >= 0.6 is 0 Å². The fraction of sp³-hybridized carbons (Fsp3) is 1.00. The van der Waals surface area contributed by atoms with Crippen LogP contribution in [0.3, 0.4) is 0 Å². The van der Waals surface area contributed by atoms with Crippen LogP contribution < -0.4 is 5.73 Å². The highest BCUT2D eigenvalue weighted by molar-refractivity contribution is 4.82. The second-order valence-corrected chi connectivity index (χ2v) is 4.87. The zero-order valence-corrected chi connectivity index (χ0v) is 10.4. The molecule has 1 rings (SSSR count). The Labute approximate surface area is 94.6 Å². The van der Waals surface area contributed by atoms with Crippen LogP contribution in [-0.4, -0.2) is 18.8 Å². The molecule has 1 fully saturated rings. The topological polar surface area (TPSA) is 35.2 Å². The second-order valence-electron chi connectivity index (χ2n) is 4.87. The van der Waals surface area contributed by atoms with Gasteiger partial charge in [0.25, 0.3) is 0 Å². The van der Waals surface area contributed by atoms with Gasteiger partial charge in [0.05, 0.1) is 6.10 Å². The number of hydrogen-bond donors (Lipinski definition) is 1. The van der Waals surface area contributed by atoms with E-state index in [0.717, 1.165) is 18.9 Å². The van der Waals surface area contributed by atoms with E-state index in [1.165, 1.54) is 38.5 Å². The van der Waals surface area contributed by atoms with Crippen LogP contribution in [0.5, 0.6) is 0 Å². The van der Waals surface area contributed by atoms with Crippen molar-refractivity contribution in [3.05, 3.63) is 0 Å². The van der Waals surface area contributed by atoms with Gasteiger partial charge in [0.15, 0.2) is 0 Å². The molecule has 1 aliphatic rings. The van der Waals surface area contributed by atoms with Crippen molar-refractivity contribution in [2.75, 3.05) is 6.61 Å². The van der Waals surface area contributed by atoms with Crippen LogP contribution in [0.15, 0.2) is 0 Å². The predicted octanol–water partition coefficient (Wildman–Crippen LogP) is 3.10. The normalized spacial score (nSPS) is 31.8. The molecule has 0 aromatic carbocycles. The van der Waals surface area contributed by atoms with Gasteiger partial charge in [0.1, 0.15) is 0 Å². The molecule has 1 aliphatic carbocycles. The van der Waals surface area contributed by atoms with Crippen LogP contribution in [0, 0.1) is 5.92 Å². The Morgan fingerprint density at radius 2 is 2.00 bits per heavy atom. The van der Waals surface area contributed by atoms with Crippen molar-refractivity contribution in [3.63, 3.8) is 0 Å². The third kappa shape index (κ3) is 4.52. The average molecular weight is 213 g/mol. The summed E-state index contributed by atoms with van der Waals surface area (Å²) in [5.74, 6) is 0.848. The van der Waals surface area contributed by atoms with E-state index in [0.29, 0.717) is 6.10 Å². The van der Waals surface area contributed by atoms with E-state index in [1.54, 1.807) is 0 Å². The fourth-order valence-electron chi connectivity index (χ4n) is 2.38. The molecule has 0 saturated heterocycles. The van der Waals surface area contributed by atoms with Gasteiger partial charge in [0.2, 0.25) is 0 Å². The Hall–Kier alpha value is -0.0800. The quantitative estimate of drug-likeness (QED) is 0.688. The first kappa shape index (κ1) is 13.0. The first-order valence-electron chi connectivity index (χ1n) is 6.65. The Balaban J connectivity index is 2.19. The van der Waals surface area contributed by atoms with Crippen molar-refractivity contribution >= 4 is 0 Å². The highest BCUT2D eigenvalue weighted by atomic mass is 16.5. The molecule has 2 heteroatoms. The van der Waals surface area contributed by atoms with Gasteiger partial charge >= 0.3 is 0 Å². The Bertz CT molecular complexity index is 161. The van der Waals surface area contributed by atoms with Gasteiger partial charge in [-0.25, -0.2) is 0 Å². The van der Waals surface area contributed by atoms with E-state index < -0.39 is 0 Å². The molecule has 0 bridgehead atoms. The first-order chi connectivity index (χ1) is 7.27. The minimum absolute atomic E-state index is 0.287. The SMILES string of the molecule is CCCCCOC1CC(CC)CCC1N. The Morgan fingerprint density at radius 1 is 1.20 bits per heavy atom. The smallest absolute Gasteiger partial charge is 0.0728 e. The maximum atomic E-state index is 6.09. The molecule has 2 nitrogen and oxygen atoms in total. The third-order valence-corrected chi connectivity index (χ3v) is 3.61. The van der Waals surface area contributed by atoms with Crippen molar-refractivity contribution < 1.29 is 4.74 Å². The van der Waals surface area contributed by atoms with Gasteiger partial charge in [0, 0.05) is 12.6 Å². The van der Waals surface area contributed by atoms with Crippen LogP contribution in [0.25, 0.3) is 0 Å². The lowest BCUT2D eigenvalue weighted by molar-refractivity contribution is -0.00230. The number of hydrogen-bond acceptors (Lipinski definition) is 2. The highest BCUT2D eigenvalue weighted by Gasteiger charge is 2.27. The summed E-state index contributed by atoms with van der Waals surface area (Å²) in [6.07, 6.45) is 8.97. The summed E-state index contributed by atoms with van der Waals surface area (Å²) in [6, 6.07) is 0.287. The lowest BCUT2D eigenvalue weighted by Crippen LogP contribution is -2.42. The molecule has 2 N–H and O–H groups in total. The molecule has 3 unspecified atom stereocenters. The largest absolute Gasteiger partial charge is 0.377 e. The minimum atomic E-state index is 0.287. The van der Waals surface area contributed by atoms with Crippen molar-refractivity contribution in [1.29, 1.82) is 0 Å². The van der Waals surface area contributed by atoms with Crippen molar-refractivity contribution in [3.8, 4) is 0 Å². The first-order valence-corrected chi connectivity index (χ1v) is 6.65. The summed E-state index contributed by atoms with van der Waals surface area (Å²) < 4.78 is 5.90. The maximum Gasteiger partial charge on any atom is 0.0728 e. The van der Waals surface area contributed by atoms with E-state index in [2.05, 4.69) is 13.8 Å². The average Bonchev–Trinajstić information content (AvgIpc) is 2.26. The van der Waals surface area contributed by atoms with E-state index in [1.807, 2.05) is 0 Å². The molecule has 0 spiro atoms. The molecule has 0 heterocycles. The molecule has 0 aliphatic heterocycles. The number of rotatable bonds is 6. The monoisotopic (exact) mass is 213 g/mol. The molecule has 90 valence electrons. The van der Waals surface area contributed by atoms with Crippen molar-refractivity contribution in [1.82, 2.24) is 0 Å². The van der Waals surface area contributed by atoms with E-state index in [4.69, 9.17) is 10.5 Å². The molecule has 3 atom stereocenters. The summed E-state index contributed by atoms with van der Waals surface area (Å²) in [5, 5.41) is 0. The van der Waals surface area contributed by atoms with Gasteiger partial charge in [-0.1, -0.05) is 33.1 Å². The van der Waals surface area contributed by atoms with Gasteiger partial charge in [-0.05, 0) is 31.6 Å². The number of unbranched alkanes of at least 4 members (excludes halogenated alkanes) is 2. The molecular formula is C13H27NO. The van der Waals surface area contributed by atoms with Crippen LogP contribution in [0.1, 0.15) is 58.8 Å². The third-order valence-electron chi connectivity index (χ3n) is 3.61. The summed E-state index contributed by atoms with van der Waals surface area (Å²) in [7, 11) is 0. The summed E-state index contributed by atoms with van der Waals surface area (Å²) in [5.41, 5.74) is 6.09. The molecular weight excluding hydrogens is 186 g/mol. The van der Waals surface area contributed by atoms with Crippen LogP contribution in [0.2, 0.25) is 0 Å². The lowest BCUT2D eigenvalue weighted by atomic mass is 9.83. The van der Waals surface area contributed by atoms with E-state index in [-0.39, 0.29) is 6.04 Å². The number of nitrogens with two attached hydrogens (primary N) is 1. The maximum absolute atomic E-state index is 6.09. The lowest BCUT2D eigenvalue weighted by Gasteiger charge is -2.33. The van der Waals surface area contributed by atoms with Crippen LogP contribution in [-0.2, 0) is 4.74 Å². The van der Waals surface area contributed by atoms with Crippen molar-refractivity contribution in [2.24, 2.45) is 11.7 Å². The van der Waals surface area contributed by atoms with E-state index >= 15 is 0 Å². The second kappa shape index (κ2) is 7.24. The van der Waals surface area contributed by atoms with Gasteiger partial charge in [-0.2, -0.15) is 0 Å². The Morgan fingerprint density at radius 3 is 2.67 bits per heavy atom. The molecule has 0 aromatic heterocycles.